The van der Waals surface area contributed by atoms with Crippen LogP contribution in [-0.4, -0.2) is 52.7 Å². The van der Waals surface area contributed by atoms with Crippen molar-refractivity contribution in [3.63, 3.8) is 0 Å². The summed E-state index contributed by atoms with van der Waals surface area (Å²) < 4.78 is 16.1. The van der Waals surface area contributed by atoms with E-state index in [2.05, 4.69) is 31.1 Å². The van der Waals surface area contributed by atoms with E-state index in [-0.39, 0.29) is 0 Å². The van der Waals surface area contributed by atoms with Crippen LogP contribution in [0, 0.1) is 5.92 Å². The molecule has 0 aromatic rings. The van der Waals surface area contributed by atoms with Crippen LogP contribution in [0.1, 0.15) is 20.8 Å². The lowest BCUT2D eigenvalue weighted by Crippen LogP contribution is -2.24. The van der Waals surface area contributed by atoms with Gasteiger partial charge < -0.3 is 24.8 Å². The molecule has 2 N–H and O–H groups in total. The Labute approximate surface area is 117 Å². The average Bonchev–Trinajstić information content (AvgIpc) is 2.36. The summed E-state index contributed by atoms with van der Waals surface area (Å²) in [6, 6.07) is 0. The van der Waals surface area contributed by atoms with Crippen LogP contribution in [0.4, 0.5) is 0 Å². The van der Waals surface area contributed by atoms with Gasteiger partial charge in [0.1, 0.15) is 6.61 Å². The summed E-state index contributed by atoms with van der Waals surface area (Å²) in [6.45, 7) is 15.9. The minimum absolute atomic E-state index is 0.516. The van der Waals surface area contributed by atoms with E-state index in [1.165, 1.54) is 0 Å². The fraction of sp³-hybridized carbons (Fsp3) is 0.857. The van der Waals surface area contributed by atoms with Gasteiger partial charge in [-0.25, -0.2) is 0 Å². The van der Waals surface area contributed by atoms with E-state index in [1.54, 1.807) is 0 Å². The van der Waals surface area contributed by atoms with Crippen molar-refractivity contribution < 1.29 is 14.2 Å². The zero-order valence-corrected chi connectivity index (χ0v) is 12.7. The maximum Gasteiger partial charge on any atom is 0.179 e. The molecule has 0 aromatic heterocycles. The largest absolute Gasteiger partial charge is 0.477 e. The van der Waals surface area contributed by atoms with Gasteiger partial charge in [0.05, 0.1) is 26.4 Å². The van der Waals surface area contributed by atoms with Crippen LogP contribution in [0.2, 0.25) is 0 Å². The minimum atomic E-state index is 0.516. The summed E-state index contributed by atoms with van der Waals surface area (Å²) in [5, 5.41) is 6.30. The monoisotopic (exact) mass is 274 g/mol. The molecule has 0 radical (unpaired) electrons. The van der Waals surface area contributed by atoms with E-state index < -0.39 is 0 Å². The third-order valence-electron chi connectivity index (χ3n) is 2.23. The maximum atomic E-state index is 5.42. The normalized spacial score (nSPS) is 10.7. The molecule has 0 aliphatic heterocycles. The second-order valence-corrected chi connectivity index (χ2v) is 4.62. The van der Waals surface area contributed by atoms with E-state index in [0.717, 1.165) is 26.2 Å². The first-order valence-corrected chi connectivity index (χ1v) is 7.08. The zero-order valence-electron chi connectivity index (χ0n) is 12.7. The lowest BCUT2D eigenvalue weighted by molar-refractivity contribution is 0.0260. The molecule has 114 valence electrons. The Kier molecular flexibility index (Phi) is 13.1. The Balaban J connectivity index is 3.05. The predicted octanol–water partition coefficient (Wildman–Crippen LogP) is 1.36. The summed E-state index contributed by atoms with van der Waals surface area (Å²) in [5.41, 5.74) is 0. The molecule has 5 nitrogen and oxygen atoms in total. The standard InChI is InChI=1S/C14H30N2O3/c1-5-16-14(4)19-11-10-18-9-8-17-7-6-15-12-13(2)3/h13,15-16H,4-12H2,1-3H3. The molecule has 0 rings (SSSR count). The van der Waals surface area contributed by atoms with Gasteiger partial charge in [0.2, 0.25) is 0 Å². The van der Waals surface area contributed by atoms with Gasteiger partial charge in [-0.15, -0.1) is 0 Å². The first-order valence-electron chi connectivity index (χ1n) is 7.08. The fourth-order valence-corrected chi connectivity index (χ4v) is 1.33. The minimum Gasteiger partial charge on any atom is -0.477 e. The molecule has 19 heavy (non-hydrogen) atoms. The van der Waals surface area contributed by atoms with Crippen LogP contribution < -0.4 is 10.6 Å². The van der Waals surface area contributed by atoms with E-state index in [9.17, 15) is 0 Å². The van der Waals surface area contributed by atoms with E-state index in [1.807, 2.05) is 6.92 Å². The Bertz CT molecular complexity index is 211. The second-order valence-electron chi connectivity index (χ2n) is 4.62. The third-order valence-corrected chi connectivity index (χ3v) is 2.23. The first-order chi connectivity index (χ1) is 9.16. The van der Waals surface area contributed by atoms with Gasteiger partial charge in [-0.05, 0) is 26.0 Å². The first kappa shape index (κ1) is 18.2. The molecule has 0 amide bonds. The summed E-state index contributed by atoms with van der Waals surface area (Å²) in [4.78, 5) is 0. The van der Waals surface area contributed by atoms with Crippen molar-refractivity contribution in [2.45, 2.75) is 20.8 Å². The van der Waals surface area contributed by atoms with Crippen LogP contribution in [0.3, 0.4) is 0 Å². The van der Waals surface area contributed by atoms with Gasteiger partial charge in [-0.2, -0.15) is 0 Å². The van der Waals surface area contributed by atoms with Gasteiger partial charge in [0.15, 0.2) is 5.88 Å². The molecule has 0 saturated carbocycles. The number of ether oxygens (including phenoxy) is 3. The van der Waals surface area contributed by atoms with Crippen molar-refractivity contribution in [2.75, 3.05) is 52.7 Å². The highest BCUT2D eigenvalue weighted by atomic mass is 16.5. The SMILES string of the molecule is C=C(NCC)OCCOCCOCCNCC(C)C. The number of hydrogen-bond acceptors (Lipinski definition) is 5. The Morgan fingerprint density at radius 3 is 2.32 bits per heavy atom. The predicted molar refractivity (Wildman–Crippen MR) is 78.1 cm³/mol. The molecule has 0 fully saturated rings. The summed E-state index contributed by atoms with van der Waals surface area (Å²) in [5.74, 6) is 1.28. The molecule has 0 spiro atoms. The highest BCUT2D eigenvalue weighted by molar-refractivity contribution is 4.77. The highest BCUT2D eigenvalue weighted by Crippen LogP contribution is 1.88. The van der Waals surface area contributed by atoms with Gasteiger partial charge in [-0.1, -0.05) is 13.8 Å². The molecule has 0 saturated heterocycles. The van der Waals surface area contributed by atoms with Crippen molar-refractivity contribution in [3.8, 4) is 0 Å². The average molecular weight is 274 g/mol. The van der Waals surface area contributed by atoms with Gasteiger partial charge in [0, 0.05) is 13.1 Å². The summed E-state index contributed by atoms with van der Waals surface area (Å²) >= 11 is 0. The Morgan fingerprint density at radius 2 is 1.68 bits per heavy atom. The summed E-state index contributed by atoms with van der Waals surface area (Å²) in [7, 11) is 0. The Morgan fingerprint density at radius 1 is 1.05 bits per heavy atom. The zero-order chi connectivity index (χ0) is 14.3. The Hall–Kier alpha value is -0.780. The molecule has 0 unspecified atom stereocenters. The molecule has 0 aliphatic carbocycles. The van der Waals surface area contributed by atoms with E-state index >= 15 is 0 Å². The lowest BCUT2D eigenvalue weighted by atomic mass is 10.2. The van der Waals surface area contributed by atoms with Crippen molar-refractivity contribution in [3.05, 3.63) is 12.5 Å². The van der Waals surface area contributed by atoms with Gasteiger partial charge >= 0.3 is 0 Å². The number of rotatable bonds is 14. The molecular formula is C14H30N2O3. The van der Waals surface area contributed by atoms with Crippen molar-refractivity contribution in [2.24, 2.45) is 5.92 Å². The molecule has 0 atom stereocenters. The van der Waals surface area contributed by atoms with Crippen LogP contribution in [0.25, 0.3) is 0 Å². The quantitative estimate of drug-likeness (QED) is 0.370. The van der Waals surface area contributed by atoms with Crippen molar-refractivity contribution in [1.29, 1.82) is 0 Å². The van der Waals surface area contributed by atoms with Crippen LogP contribution in [0.15, 0.2) is 12.5 Å². The summed E-state index contributed by atoms with van der Waals surface area (Å²) in [6.07, 6.45) is 0. The van der Waals surface area contributed by atoms with E-state index in [0.29, 0.717) is 38.2 Å². The topological polar surface area (TPSA) is 51.8 Å². The van der Waals surface area contributed by atoms with E-state index in [4.69, 9.17) is 14.2 Å². The van der Waals surface area contributed by atoms with Crippen LogP contribution in [0.5, 0.6) is 0 Å². The molecule has 0 heterocycles. The van der Waals surface area contributed by atoms with Crippen LogP contribution >= 0.6 is 0 Å². The van der Waals surface area contributed by atoms with Gasteiger partial charge in [0.25, 0.3) is 0 Å². The smallest absolute Gasteiger partial charge is 0.179 e. The number of hydrogen-bond donors (Lipinski definition) is 2. The molecular weight excluding hydrogens is 244 g/mol. The van der Waals surface area contributed by atoms with Crippen molar-refractivity contribution in [1.82, 2.24) is 10.6 Å². The lowest BCUT2D eigenvalue weighted by Gasteiger charge is -2.10. The molecule has 0 bridgehead atoms. The highest BCUT2D eigenvalue weighted by Gasteiger charge is 1.94. The molecule has 0 aliphatic rings. The molecule has 0 aromatic carbocycles. The van der Waals surface area contributed by atoms with Crippen molar-refractivity contribution >= 4 is 0 Å². The third kappa shape index (κ3) is 15.2. The second kappa shape index (κ2) is 13.6. The maximum absolute atomic E-state index is 5.42. The fourth-order valence-electron chi connectivity index (χ4n) is 1.33. The number of nitrogens with one attached hydrogen (secondary N) is 2. The molecule has 5 heteroatoms. The van der Waals surface area contributed by atoms with Gasteiger partial charge in [-0.3, -0.25) is 0 Å². The van der Waals surface area contributed by atoms with Crippen LogP contribution in [-0.2, 0) is 14.2 Å².